The molecule has 2 rings (SSSR count). The second kappa shape index (κ2) is 11.2. The molecular weight excluding hydrogens is 364 g/mol. The highest BCUT2D eigenvalue weighted by atomic mass is 16.5. The van der Waals surface area contributed by atoms with Gasteiger partial charge < -0.3 is 15.4 Å². The second-order valence-corrected chi connectivity index (χ2v) is 7.26. The lowest BCUT2D eigenvalue weighted by Gasteiger charge is -2.28. The summed E-state index contributed by atoms with van der Waals surface area (Å²) >= 11 is 0. The molecule has 0 aliphatic rings. The molecule has 0 fully saturated rings. The van der Waals surface area contributed by atoms with E-state index in [1.165, 1.54) is 6.92 Å². The summed E-state index contributed by atoms with van der Waals surface area (Å²) < 4.78 is 5.20. The zero-order valence-corrected chi connectivity index (χ0v) is 17.8. The Morgan fingerprint density at radius 1 is 0.897 bits per heavy atom. The van der Waals surface area contributed by atoms with E-state index in [9.17, 15) is 9.59 Å². The molecule has 2 N–H and O–H groups in total. The van der Waals surface area contributed by atoms with Gasteiger partial charge in [0.05, 0.1) is 25.6 Å². The van der Waals surface area contributed by atoms with Gasteiger partial charge in [0.15, 0.2) is 0 Å². The fourth-order valence-electron chi connectivity index (χ4n) is 3.65. The lowest BCUT2D eigenvalue weighted by molar-refractivity contribution is -0.123. The molecule has 2 amide bonds. The maximum absolute atomic E-state index is 13.0. The Labute approximate surface area is 173 Å². The lowest BCUT2D eigenvalue weighted by atomic mass is 9.88. The van der Waals surface area contributed by atoms with Crippen LogP contribution >= 0.6 is 0 Å². The fourth-order valence-corrected chi connectivity index (χ4v) is 3.65. The first-order valence-electron chi connectivity index (χ1n) is 10.2. The van der Waals surface area contributed by atoms with E-state index in [0.717, 1.165) is 29.7 Å². The Morgan fingerprint density at radius 2 is 1.52 bits per heavy atom. The Balaban J connectivity index is 2.18. The van der Waals surface area contributed by atoms with Crippen LogP contribution in [0.15, 0.2) is 54.6 Å². The van der Waals surface area contributed by atoms with Crippen molar-refractivity contribution in [3.8, 4) is 5.75 Å². The zero-order valence-electron chi connectivity index (χ0n) is 17.8. The summed E-state index contributed by atoms with van der Waals surface area (Å²) in [4.78, 5) is 24.7. The van der Waals surface area contributed by atoms with E-state index >= 15 is 0 Å². The first-order chi connectivity index (χ1) is 14.0. The topological polar surface area (TPSA) is 67.4 Å². The Bertz CT molecular complexity index is 770. The lowest BCUT2D eigenvalue weighted by Crippen LogP contribution is -2.36. The predicted molar refractivity (Wildman–Crippen MR) is 116 cm³/mol. The molecule has 5 nitrogen and oxygen atoms in total. The van der Waals surface area contributed by atoms with Crippen LogP contribution in [0.2, 0.25) is 0 Å². The van der Waals surface area contributed by atoms with Crippen molar-refractivity contribution < 1.29 is 14.3 Å². The highest BCUT2D eigenvalue weighted by Gasteiger charge is 2.24. The minimum absolute atomic E-state index is 0.0486. The number of methoxy groups -OCH3 is 1. The summed E-state index contributed by atoms with van der Waals surface area (Å²) in [6.07, 6.45) is 2.13. The first kappa shape index (κ1) is 22.5. The van der Waals surface area contributed by atoms with Crippen molar-refractivity contribution in [2.75, 3.05) is 7.11 Å². The third kappa shape index (κ3) is 6.63. The number of ether oxygens (including phenoxy) is 1. The maximum atomic E-state index is 13.0. The number of carbonyl (C=O) groups excluding carboxylic acids is 2. The highest BCUT2D eigenvalue weighted by Crippen LogP contribution is 2.28. The molecule has 0 aliphatic heterocycles. The molecule has 0 saturated carbocycles. The molecule has 2 atom stereocenters. The molecular formula is C24H32N2O3. The number of hydrogen-bond donors (Lipinski definition) is 2. The van der Waals surface area contributed by atoms with Crippen LogP contribution in [-0.4, -0.2) is 18.9 Å². The van der Waals surface area contributed by atoms with Crippen LogP contribution in [0, 0.1) is 5.92 Å². The van der Waals surface area contributed by atoms with Crippen molar-refractivity contribution in [3.63, 3.8) is 0 Å². The van der Waals surface area contributed by atoms with Crippen LogP contribution in [0.1, 0.15) is 63.2 Å². The summed E-state index contributed by atoms with van der Waals surface area (Å²) in [5, 5.41) is 6.11. The summed E-state index contributed by atoms with van der Waals surface area (Å²) in [6.45, 7) is 5.76. The SMILES string of the molecule is CCC(CC)C(NC(=O)CC(NC(C)=O)c1ccc(OC)cc1)c1ccccc1. The van der Waals surface area contributed by atoms with E-state index in [0.29, 0.717) is 5.92 Å². The summed E-state index contributed by atoms with van der Waals surface area (Å²) in [7, 11) is 1.61. The van der Waals surface area contributed by atoms with Crippen molar-refractivity contribution in [1.82, 2.24) is 10.6 Å². The van der Waals surface area contributed by atoms with Crippen LogP contribution < -0.4 is 15.4 Å². The molecule has 156 valence electrons. The van der Waals surface area contributed by atoms with Gasteiger partial charge in [-0.3, -0.25) is 9.59 Å². The molecule has 0 bridgehead atoms. The van der Waals surface area contributed by atoms with E-state index in [1.807, 2.05) is 42.5 Å². The average molecular weight is 397 g/mol. The molecule has 5 heteroatoms. The van der Waals surface area contributed by atoms with Gasteiger partial charge in [0, 0.05) is 6.92 Å². The van der Waals surface area contributed by atoms with E-state index in [-0.39, 0.29) is 24.3 Å². The monoisotopic (exact) mass is 396 g/mol. The average Bonchev–Trinajstić information content (AvgIpc) is 2.73. The normalized spacial score (nSPS) is 12.9. The van der Waals surface area contributed by atoms with Gasteiger partial charge >= 0.3 is 0 Å². The molecule has 0 radical (unpaired) electrons. The van der Waals surface area contributed by atoms with Crippen LogP contribution in [0.5, 0.6) is 5.75 Å². The van der Waals surface area contributed by atoms with Gasteiger partial charge in [-0.25, -0.2) is 0 Å². The number of benzene rings is 2. The van der Waals surface area contributed by atoms with Crippen molar-refractivity contribution in [2.45, 2.75) is 52.1 Å². The summed E-state index contributed by atoms with van der Waals surface area (Å²) in [5.41, 5.74) is 1.98. The number of nitrogens with one attached hydrogen (secondary N) is 2. The second-order valence-electron chi connectivity index (χ2n) is 7.26. The van der Waals surface area contributed by atoms with Gasteiger partial charge in [-0.2, -0.15) is 0 Å². The van der Waals surface area contributed by atoms with Gasteiger partial charge in [0.2, 0.25) is 11.8 Å². The number of rotatable bonds is 10. The minimum Gasteiger partial charge on any atom is -0.497 e. The molecule has 29 heavy (non-hydrogen) atoms. The number of hydrogen-bond acceptors (Lipinski definition) is 3. The van der Waals surface area contributed by atoms with Crippen LogP contribution in [0.25, 0.3) is 0 Å². The number of carbonyl (C=O) groups is 2. The van der Waals surface area contributed by atoms with Gasteiger partial charge in [0.25, 0.3) is 0 Å². The molecule has 0 heterocycles. The molecule has 0 saturated heterocycles. The van der Waals surface area contributed by atoms with E-state index in [1.54, 1.807) is 7.11 Å². The van der Waals surface area contributed by atoms with Gasteiger partial charge in [-0.1, -0.05) is 69.2 Å². The maximum Gasteiger partial charge on any atom is 0.222 e. The van der Waals surface area contributed by atoms with Crippen molar-refractivity contribution in [1.29, 1.82) is 0 Å². The molecule has 0 aliphatic carbocycles. The van der Waals surface area contributed by atoms with E-state index < -0.39 is 6.04 Å². The zero-order chi connectivity index (χ0) is 21.2. The third-order valence-corrected chi connectivity index (χ3v) is 5.28. The number of amides is 2. The Morgan fingerprint density at radius 3 is 2.03 bits per heavy atom. The summed E-state index contributed by atoms with van der Waals surface area (Å²) in [5.74, 6) is 0.831. The predicted octanol–water partition coefficient (Wildman–Crippen LogP) is 4.56. The molecule has 2 aromatic carbocycles. The molecule has 0 aromatic heterocycles. The van der Waals surface area contributed by atoms with E-state index in [2.05, 4.69) is 36.6 Å². The standard InChI is InChI=1S/C24H32N2O3/c1-5-18(6-2)24(20-10-8-7-9-11-20)26-23(28)16-22(25-17(3)27)19-12-14-21(29-4)15-13-19/h7-15,18,22,24H,5-6,16H2,1-4H3,(H,25,27)(H,26,28). The fraction of sp³-hybridized carbons (Fsp3) is 0.417. The molecule has 2 aromatic rings. The van der Waals surface area contributed by atoms with Crippen LogP contribution in [-0.2, 0) is 9.59 Å². The minimum atomic E-state index is -0.392. The van der Waals surface area contributed by atoms with Gasteiger partial charge in [0.1, 0.15) is 5.75 Å². The third-order valence-electron chi connectivity index (χ3n) is 5.28. The van der Waals surface area contributed by atoms with E-state index in [4.69, 9.17) is 4.74 Å². The first-order valence-corrected chi connectivity index (χ1v) is 10.2. The Hall–Kier alpha value is -2.82. The van der Waals surface area contributed by atoms with Crippen LogP contribution in [0.4, 0.5) is 0 Å². The van der Waals surface area contributed by atoms with Crippen molar-refractivity contribution in [2.24, 2.45) is 5.92 Å². The molecule has 0 spiro atoms. The smallest absolute Gasteiger partial charge is 0.222 e. The van der Waals surface area contributed by atoms with Crippen molar-refractivity contribution in [3.05, 3.63) is 65.7 Å². The summed E-state index contributed by atoms with van der Waals surface area (Å²) in [6, 6.07) is 17.1. The highest BCUT2D eigenvalue weighted by molar-refractivity contribution is 5.79. The van der Waals surface area contributed by atoms with Gasteiger partial charge in [-0.05, 0) is 29.2 Å². The Kier molecular flexibility index (Phi) is 8.71. The van der Waals surface area contributed by atoms with Gasteiger partial charge in [-0.15, -0.1) is 0 Å². The van der Waals surface area contributed by atoms with Crippen LogP contribution in [0.3, 0.4) is 0 Å². The van der Waals surface area contributed by atoms with Crippen molar-refractivity contribution >= 4 is 11.8 Å². The quantitative estimate of drug-likeness (QED) is 0.619. The molecule has 2 unspecified atom stereocenters. The largest absolute Gasteiger partial charge is 0.497 e.